The Balaban J connectivity index is 2.37. The van der Waals surface area contributed by atoms with E-state index in [0.29, 0.717) is 12.4 Å². The van der Waals surface area contributed by atoms with Gasteiger partial charge in [0.15, 0.2) is 0 Å². The van der Waals surface area contributed by atoms with E-state index in [4.69, 9.17) is 14.6 Å². The van der Waals surface area contributed by atoms with Crippen LogP contribution in [-0.2, 0) is 11.2 Å². The van der Waals surface area contributed by atoms with Gasteiger partial charge in [-0.05, 0) is 32.1 Å². The highest BCUT2D eigenvalue weighted by Gasteiger charge is 2.21. The third-order valence-corrected chi connectivity index (χ3v) is 2.73. The normalized spacial score (nSPS) is 17.6. The number of hydrogen-bond donors (Lipinski definition) is 1. The Morgan fingerprint density at radius 3 is 3.06 bits per heavy atom. The van der Waals surface area contributed by atoms with Crippen molar-refractivity contribution in [1.82, 2.24) is 0 Å². The van der Waals surface area contributed by atoms with Crippen molar-refractivity contribution in [2.75, 3.05) is 6.61 Å². The second-order valence-corrected chi connectivity index (χ2v) is 4.23. The maximum Gasteiger partial charge on any atom is 0.328 e. The van der Waals surface area contributed by atoms with E-state index < -0.39 is 5.97 Å². The van der Waals surface area contributed by atoms with Gasteiger partial charge in [0.05, 0.1) is 6.61 Å². The van der Waals surface area contributed by atoms with Crippen LogP contribution in [-0.4, -0.2) is 23.8 Å². The number of hydrogen-bond acceptors (Lipinski definition) is 3. The molecular formula is C14H16O4. The summed E-state index contributed by atoms with van der Waals surface area (Å²) < 4.78 is 11.2. The van der Waals surface area contributed by atoms with E-state index in [1.807, 2.05) is 26.0 Å². The van der Waals surface area contributed by atoms with E-state index in [2.05, 4.69) is 0 Å². The van der Waals surface area contributed by atoms with E-state index in [1.165, 1.54) is 6.08 Å². The van der Waals surface area contributed by atoms with Crippen molar-refractivity contribution in [2.24, 2.45) is 0 Å². The molecule has 0 aliphatic carbocycles. The highest BCUT2D eigenvalue weighted by Crippen LogP contribution is 2.35. The van der Waals surface area contributed by atoms with Gasteiger partial charge in [-0.1, -0.05) is 0 Å². The summed E-state index contributed by atoms with van der Waals surface area (Å²) in [6.45, 7) is 4.45. The van der Waals surface area contributed by atoms with E-state index in [0.717, 1.165) is 29.4 Å². The summed E-state index contributed by atoms with van der Waals surface area (Å²) in [5.41, 5.74) is 1.84. The Hall–Kier alpha value is -1.97. The lowest BCUT2D eigenvalue weighted by Gasteiger charge is -2.09. The zero-order valence-electron chi connectivity index (χ0n) is 10.5. The fourth-order valence-corrected chi connectivity index (χ4v) is 2.03. The van der Waals surface area contributed by atoms with Crippen LogP contribution in [0.15, 0.2) is 18.2 Å². The first-order chi connectivity index (χ1) is 8.60. The number of benzene rings is 1. The number of carboxylic acid groups (broad SMARTS) is 1. The monoisotopic (exact) mass is 248 g/mol. The molecule has 0 saturated carbocycles. The van der Waals surface area contributed by atoms with Crippen LogP contribution in [0, 0.1) is 0 Å². The Morgan fingerprint density at radius 1 is 1.61 bits per heavy atom. The second-order valence-electron chi connectivity index (χ2n) is 4.23. The third-order valence-electron chi connectivity index (χ3n) is 2.73. The molecule has 4 heteroatoms. The minimum Gasteiger partial charge on any atom is -0.493 e. The molecule has 1 aromatic carbocycles. The smallest absolute Gasteiger partial charge is 0.328 e. The largest absolute Gasteiger partial charge is 0.493 e. The predicted molar refractivity (Wildman–Crippen MR) is 68.1 cm³/mol. The molecule has 0 fully saturated rings. The van der Waals surface area contributed by atoms with Crippen LogP contribution in [0.1, 0.15) is 25.0 Å². The number of carbonyl (C=O) groups is 1. The Bertz CT molecular complexity index is 491. The molecule has 0 saturated heterocycles. The van der Waals surface area contributed by atoms with Gasteiger partial charge in [-0.3, -0.25) is 0 Å². The fraction of sp³-hybridized carbons (Fsp3) is 0.357. The van der Waals surface area contributed by atoms with Crippen molar-refractivity contribution in [3.63, 3.8) is 0 Å². The summed E-state index contributed by atoms with van der Waals surface area (Å²) in [6.07, 6.45) is 3.65. The average Bonchev–Trinajstić information content (AvgIpc) is 2.65. The molecular weight excluding hydrogens is 232 g/mol. The molecule has 1 aliphatic heterocycles. The zero-order chi connectivity index (χ0) is 13.1. The van der Waals surface area contributed by atoms with Crippen molar-refractivity contribution < 1.29 is 19.4 Å². The standard InChI is InChI=1S/C14H16O4/c1-3-17-12-8-11-6-9(2)18-13(11)7-10(12)4-5-14(15)16/h4-5,7-9H,3,6H2,1-2H3,(H,15,16)/b5-4+/t9-/m0/s1. The highest BCUT2D eigenvalue weighted by atomic mass is 16.5. The van der Waals surface area contributed by atoms with Gasteiger partial charge in [0.1, 0.15) is 17.6 Å². The molecule has 0 aromatic heterocycles. The van der Waals surface area contributed by atoms with Crippen LogP contribution in [0.3, 0.4) is 0 Å². The van der Waals surface area contributed by atoms with E-state index in [-0.39, 0.29) is 6.10 Å². The summed E-state index contributed by atoms with van der Waals surface area (Å²) in [4.78, 5) is 10.6. The van der Waals surface area contributed by atoms with E-state index in [9.17, 15) is 4.79 Å². The van der Waals surface area contributed by atoms with Gasteiger partial charge in [0, 0.05) is 23.6 Å². The Labute approximate surface area is 106 Å². The van der Waals surface area contributed by atoms with Crippen molar-refractivity contribution in [3.05, 3.63) is 29.3 Å². The first kappa shape index (κ1) is 12.5. The molecule has 18 heavy (non-hydrogen) atoms. The summed E-state index contributed by atoms with van der Waals surface area (Å²) >= 11 is 0. The predicted octanol–water partition coefficient (Wildman–Crippen LogP) is 2.51. The van der Waals surface area contributed by atoms with Gasteiger partial charge in [-0.15, -0.1) is 0 Å². The Morgan fingerprint density at radius 2 is 2.39 bits per heavy atom. The molecule has 0 spiro atoms. The van der Waals surface area contributed by atoms with Crippen LogP contribution in [0.4, 0.5) is 0 Å². The van der Waals surface area contributed by atoms with Gasteiger partial charge in [0.25, 0.3) is 0 Å². The van der Waals surface area contributed by atoms with E-state index in [1.54, 1.807) is 0 Å². The average molecular weight is 248 g/mol. The lowest BCUT2D eigenvalue weighted by atomic mass is 10.1. The Kier molecular flexibility index (Phi) is 3.55. The van der Waals surface area contributed by atoms with Crippen LogP contribution in [0.25, 0.3) is 6.08 Å². The number of ether oxygens (including phenoxy) is 2. The lowest BCUT2D eigenvalue weighted by molar-refractivity contribution is -0.131. The summed E-state index contributed by atoms with van der Waals surface area (Å²) in [6, 6.07) is 3.77. The van der Waals surface area contributed by atoms with Gasteiger partial charge in [-0.2, -0.15) is 0 Å². The molecule has 0 bridgehead atoms. The molecule has 4 nitrogen and oxygen atoms in total. The third kappa shape index (κ3) is 2.64. The number of rotatable bonds is 4. The van der Waals surface area contributed by atoms with Crippen LogP contribution in [0.2, 0.25) is 0 Å². The molecule has 0 unspecified atom stereocenters. The van der Waals surface area contributed by atoms with Gasteiger partial charge < -0.3 is 14.6 Å². The molecule has 1 aromatic rings. The molecule has 0 amide bonds. The summed E-state index contributed by atoms with van der Waals surface area (Å²) in [5.74, 6) is 0.537. The van der Waals surface area contributed by atoms with Gasteiger partial charge in [-0.25, -0.2) is 4.79 Å². The van der Waals surface area contributed by atoms with Crippen LogP contribution < -0.4 is 9.47 Å². The molecule has 0 radical (unpaired) electrons. The SMILES string of the molecule is CCOc1cc2c(cc1/C=C/C(=O)O)O[C@@H](C)C2. The van der Waals surface area contributed by atoms with Crippen molar-refractivity contribution in [3.8, 4) is 11.5 Å². The first-order valence-corrected chi connectivity index (χ1v) is 5.97. The maximum atomic E-state index is 10.6. The highest BCUT2D eigenvalue weighted by molar-refractivity contribution is 5.86. The molecule has 1 N–H and O–H groups in total. The number of carboxylic acids is 1. The lowest BCUT2D eigenvalue weighted by Crippen LogP contribution is -2.05. The molecule has 2 rings (SSSR count). The maximum absolute atomic E-state index is 10.6. The first-order valence-electron chi connectivity index (χ1n) is 5.97. The zero-order valence-corrected chi connectivity index (χ0v) is 10.5. The van der Waals surface area contributed by atoms with Crippen molar-refractivity contribution >= 4 is 12.0 Å². The van der Waals surface area contributed by atoms with Crippen LogP contribution in [0.5, 0.6) is 11.5 Å². The van der Waals surface area contributed by atoms with Gasteiger partial charge >= 0.3 is 5.97 Å². The molecule has 1 atom stereocenters. The summed E-state index contributed by atoms with van der Waals surface area (Å²) in [5, 5.41) is 8.67. The topological polar surface area (TPSA) is 55.8 Å². The minimum atomic E-state index is -0.979. The van der Waals surface area contributed by atoms with Crippen LogP contribution >= 0.6 is 0 Å². The molecule has 96 valence electrons. The minimum absolute atomic E-state index is 0.160. The number of fused-ring (bicyclic) bond motifs is 1. The fourth-order valence-electron chi connectivity index (χ4n) is 2.03. The van der Waals surface area contributed by atoms with Gasteiger partial charge in [0.2, 0.25) is 0 Å². The van der Waals surface area contributed by atoms with E-state index >= 15 is 0 Å². The van der Waals surface area contributed by atoms with Crippen molar-refractivity contribution in [1.29, 1.82) is 0 Å². The summed E-state index contributed by atoms with van der Waals surface area (Å²) in [7, 11) is 0. The number of aliphatic carboxylic acids is 1. The second kappa shape index (κ2) is 5.12. The quantitative estimate of drug-likeness (QED) is 0.832. The molecule has 1 heterocycles. The molecule has 1 aliphatic rings. The van der Waals surface area contributed by atoms with Crippen molar-refractivity contribution in [2.45, 2.75) is 26.4 Å².